The highest BCUT2D eigenvalue weighted by Gasteiger charge is 2.23. The van der Waals surface area contributed by atoms with Gasteiger partial charge in [-0.1, -0.05) is 30.3 Å². The number of carbonyl (C=O) groups excluding carboxylic acids is 2. The number of furan rings is 1. The largest absolute Gasteiger partial charge is 0.450 e. The molecule has 0 radical (unpaired) electrons. The number of halogens is 1. The van der Waals surface area contributed by atoms with Crippen LogP contribution in [0.3, 0.4) is 0 Å². The third-order valence-electron chi connectivity index (χ3n) is 4.40. The second-order valence-corrected chi connectivity index (χ2v) is 6.50. The first-order valence-electron chi connectivity index (χ1n) is 9.23. The fourth-order valence-electron chi connectivity index (χ4n) is 2.91. The summed E-state index contributed by atoms with van der Waals surface area (Å²) in [5, 5.41) is 0.766. The van der Waals surface area contributed by atoms with Crippen LogP contribution in [0.25, 0.3) is 11.0 Å². The van der Waals surface area contributed by atoms with E-state index in [2.05, 4.69) is 0 Å². The van der Waals surface area contributed by atoms with Crippen LogP contribution in [0.4, 0.5) is 4.39 Å². The van der Waals surface area contributed by atoms with Crippen molar-refractivity contribution >= 4 is 22.8 Å². The lowest BCUT2D eigenvalue weighted by atomic mass is 10.1. The number of nitrogens with zero attached hydrogens (tertiary/aromatic N) is 1. The number of hydrogen-bond acceptors (Lipinski definition) is 5. The summed E-state index contributed by atoms with van der Waals surface area (Å²) in [6.07, 6.45) is 0. The Labute approximate surface area is 167 Å². The summed E-state index contributed by atoms with van der Waals surface area (Å²) in [4.78, 5) is 26.2. The highest BCUT2D eigenvalue weighted by molar-refractivity contribution is 5.96. The van der Waals surface area contributed by atoms with E-state index < -0.39 is 18.5 Å². The Morgan fingerprint density at radius 2 is 1.93 bits per heavy atom. The van der Waals surface area contributed by atoms with Crippen LogP contribution < -0.4 is 0 Å². The van der Waals surface area contributed by atoms with Crippen molar-refractivity contribution in [2.75, 3.05) is 20.3 Å². The average molecular weight is 399 g/mol. The molecule has 0 N–H and O–H groups in total. The Bertz CT molecular complexity index is 1010. The molecule has 0 bridgehead atoms. The van der Waals surface area contributed by atoms with Gasteiger partial charge in [-0.3, -0.25) is 4.79 Å². The van der Waals surface area contributed by atoms with Crippen molar-refractivity contribution in [3.63, 3.8) is 0 Å². The van der Waals surface area contributed by atoms with Crippen LogP contribution in [0.15, 0.2) is 52.9 Å². The van der Waals surface area contributed by atoms with Gasteiger partial charge in [0.2, 0.25) is 5.76 Å². The molecule has 3 aromatic rings. The summed E-state index contributed by atoms with van der Waals surface area (Å²) < 4.78 is 29.5. The zero-order valence-electron chi connectivity index (χ0n) is 16.3. The summed E-state index contributed by atoms with van der Waals surface area (Å²) in [7, 11) is 1.56. The Morgan fingerprint density at radius 3 is 2.69 bits per heavy atom. The zero-order valence-corrected chi connectivity index (χ0v) is 16.3. The fraction of sp³-hybridized carbons (Fsp3) is 0.273. The first kappa shape index (κ1) is 20.5. The monoisotopic (exact) mass is 399 g/mol. The maximum Gasteiger partial charge on any atom is 0.375 e. The van der Waals surface area contributed by atoms with E-state index in [4.69, 9.17) is 13.9 Å². The van der Waals surface area contributed by atoms with Crippen LogP contribution >= 0.6 is 0 Å². The molecule has 152 valence electrons. The number of benzene rings is 2. The number of amides is 1. The highest BCUT2D eigenvalue weighted by Crippen LogP contribution is 2.27. The lowest BCUT2D eigenvalue weighted by Gasteiger charge is -2.17. The highest BCUT2D eigenvalue weighted by atomic mass is 19.1. The third-order valence-corrected chi connectivity index (χ3v) is 4.40. The van der Waals surface area contributed by atoms with Crippen molar-refractivity contribution < 1.29 is 27.9 Å². The molecule has 0 unspecified atom stereocenters. The van der Waals surface area contributed by atoms with E-state index in [-0.39, 0.29) is 24.7 Å². The van der Waals surface area contributed by atoms with E-state index in [9.17, 15) is 14.0 Å². The molecule has 0 aliphatic heterocycles. The van der Waals surface area contributed by atoms with Crippen LogP contribution in [0.5, 0.6) is 0 Å². The first-order chi connectivity index (χ1) is 14.0. The van der Waals surface area contributed by atoms with Crippen molar-refractivity contribution in [3.8, 4) is 0 Å². The van der Waals surface area contributed by atoms with Gasteiger partial charge in [-0.2, -0.15) is 0 Å². The smallest absolute Gasteiger partial charge is 0.375 e. The molecule has 0 atom stereocenters. The molecular weight excluding hydrogens is 377 g/mol. The zero-order chi connectivity index (χ0) is 20.8. The molecule has 1 heterocycles. The van der Waals surface area contributed by atoms with Crippen molar-refractivity contribution in [1.29, 1.82) is 0 Å². The van der Waals surface area contributed by atoms with Gasteiger partial charge < -0.3 is 18.8 Å². The van der Waals surface area contributed by atoms with E-state index in [1.54, 1.807) is 31.3 Å². The number of carbonyl (C=O) groups is 2. The summed E-state index contributed by atoms with van der Waals surface area (Å²) in [5.74, 6) is -1.49. The fourth-order valence-corrected chi connectivity index (χ4v) is 2.91. The molecule has 0 spiro atoms. The van der Waals surface area contributed by atoms with Crippen molar-refractivity contribution in [2.45, 2.75) is 20.1 Å². The minimum absolute atomic E-state index is 0.0280. The molecular formula is C22H22FNO5. The predicted octanol–water partition coefficient (Wildman–Crippen LogP) is 3.92. The molecule has 0 saturated heterocycles. The molecule has 0 aliphatic rings. The van der Waals surface area contributed by atoms with Gasteiger partial charge in [-0.15, -0.1) is 0 Å². The van der Waals surface area contributed by atoms with Gasteiger partial charge >= 0.3 is 5.97 Å². The second kappa shape index (κ2) is 9.34. The van der Waals surface area contributed by atoms with Crippen molar-refractivity contribution in [1.82, 2.24) is 4.90 Å². The normalized spacial score (nSPS) is 10.9. The van der Waals surface area contributed by atoms with Gasteiger partial charge in [-0.25, -0.2) is 9.18 Å². The van der Waals surface area contributed by atoms with Crippen molar-refractivity contribution in [2.24, 2.45) is 0 Å². The Balaban J connectivity index is 1.66. The molecule has 1 amide bonds. The number of likely N-dealkylation sites (N-methyl/N-ethyl adjacent to an activating group) is 1. The Hall–Kier alpha value is -3.19. The average Bonchev–Trinajstić information content (AvgIpc) is 3.08. The lowest BCUT2D eigenvalue weighted by molar-refractivity contribution is -0.133. The molecule has 2 aromatic carbocycles. The topological polar surface area (TPSA) is 69.0 Å². The number of esters is 1. The van der Waals surface area contributed by atoms with Crippen LogP contribution in [-0.4, -0.2) is 37.0 Å². The SMILES string of the molecule is CCOCc1c(C(=O)OCC(=O)N(C)Cc2cccc(F)c2)oc2ccccc12. The number of hydrogen-bond donors (Lipinski definition) is 0. The molecule has 0 saturated carbocycles. The van der Waals surface area contributed by atoms with E-state index in [0.717, 1.165) is 5.39 Å². The number of ether oxygens (including phenoxy) is 2. The van der Waals surface area contributed by atoms with Gasteiger partial charge in [0, 0.05) is 31.1 Å². The first-order valence-corrected chi connectivity index (χ1v) is 9.23. The van der Waals surface area contributed by atoms with Crippen LogP contribution in [0.2, 0.25) is 0 Å². The summed E-state index contributed by atoms with van der Waals surface area (Å²) in [6.45, 7) is 2.29. The van der Waals surface area contributed by atoms with Gasteiger partial charge in [0.15, 0.2) is 6.61 Å². The molecule has 3 rings (SSSR count). The van der Waals surface area contributed by atoms with E-state index in [0.29, 0.717) is 23.3 Å². The van der Waals surface area contributed by atoms with Gasteiger partial charge in [-0.05, 0) is 30.7 Å². The maximum atomic E-state index is 13.3. The molecule has 1 aromatic heterocycles. The van der Waals surface area contributed by atoms with E-state index >= 15 is 0 Å². The van der Waals surface area contributed by atoms with Crippen LogP contribution in [-0.2, 0) is 27.4 Å². The van der Waals surface area contributed by atoms with E-state index in [1.165, 1.54) is 17.0 Å². The van der Waals surface area contributed by atoms with E-state index in [1.807, 2.05) is 19.1 Å². The lowest BCUT2D eigenvalue weighted by Crippen LogP contribution is -2.30. The Kier molecular flexibility index (Phi) is 6.61. The minimum atomic E-state index is -0.733. The number of fused-ring (bicyclic) bond motifs is 1. The number of rotatable bonds is 8. The summed E-state index contributed by atoms with van der Waals surface area (Å²) in [5.41, 5.74) is 1.78. The van der Waals surface area contributed by atoms with Crippen LogP contribution in [0.1, 0.15) is 28.6 Å². The number of para-hydroxylation sites is 1. The van der Waals surface area contributed by atoms with Crippen LogP contribution in [0, 0.1) is 5.82 Å². The third kappa shape index (κ3) is 5.00. The Morgan fingerprint density at radius 1 is 1.14 bits per heavy atom. The maximum absolute atomic E-state index is 13.3. The quantitative estimate of drug-likeness (QED) is 0.537. The van der Waals surface area contributed by atoms with Gasteiger partial charge in [0.1, 0.15) is 11.4 Å². The summed E-state index contributed by atoms with van der Waals surface area (Å²) >= 11 is 0. The van der Waals surface area contributed by atoms with Gasteiger partial charge in [0.25, 0.3) is 5.91 Å². The standard InChI is InChI=1S/C22H22FNO5/c1-3-27-13-18-17-9-4-5-10-19(17)29-21(18)22(26)28-14-20(25)24(2)12-15-7-6-8-16(23)11-15/h4-11H,3,12-14H2,1-2H3. The minimum Gasteiger partial charge on any atom is -0.450 e. The molecule has 6 nitrogen and oxygen atoms in total. The van der Waals surface area contributed by atoms with Gasteiger partial charge in [0.05, 0.1) is 6.61 Å². The molecule has 7 heteroatoms. The predicted molar refractivity (Wildman–Crippen MR) is 105 cm³/mol. The van der Waals surface area contributed by atoms with Crippen molar-refractivity contribution in [3.05, 3.63) is 71.2 Å². The molecule has 0 aliphatic carbocycles. The molecule has 29 heavy (non-hydrogen) atoms. The molecule has 0 fully saturated rings. The summed E-state index contributed by atoms with van der Waals surface area (Å²) in [6, 6.07) is 13.2. The second-order valence-electron chi connectivity index (χ2n) is 6.50.